The van der Waals surface area contributed by atoms with Crippen molar-refractivity contribution in [1.29, 1.82) is 5.41 Å². The number of nitrogens with zero attached hydrogens (tertiary/aromatic N) is 1. The topological polar surface area (TPSA) is 103 Å². The second-order valence-corrected chi connectivity index (χ2v) is 5.20. The molecule has 0 spiro atoms. The van der Waals surface area contributed by atoms with Crippen LogP contribution in [0.5, 0.6) is 0 Å². The van der Waals surface area contributed by atoms with Gasteiger partial charge in [-0.2, -0.15) is 0 Å². The fraction of sp³-hybridized carbons (Fsp3) is 0.688. The Hall–Kier alpha value is -2.05. The highest BCUT2D eigenvalue weighted by Crippen LogP contribution is 2.10. The van der Waals surface area contributed by atoms with E-state index in [1.165, 1.54) is 0 Å². The van der Waals surface area contributed by atoms with Gasteiger partial charge in [0.25, 0.3) is 6.47 Å². The average Bonchev–Trinajstić information content (AvgIpc) is 2.53. The van der Waals surface area contributed by atoms with Crippen molar-refractivity contribution < 1.29 is 23.5 Å². The van der Waals surface area contributed by atoms with E-state index in [-0.39, 0.29) is 24.7 Å². The number of guanidine groups is 1. The van der Waals surface area contributed by atoms with E-state index in [2.05, 4.69) is 11.9 Å². The van der Waals surface area contributed by atoms with Crippen molar-refractivity contribution in [1.82, 2.24) is 10.2 Å². The van der Waals surface area contributed by atoms with Crippen LogP contribution >= 0.6 is 0 Å². The van der Waals surface area contributed by atoms with Crippen LogP contribution in [0.3, 0.4) is 0 Å². The second kappa shape index (κ2) is 13.6. The van der Waals surface area contributed by atoms with E-state index in [1.807, 2.05) is 0 Å². The third-order valence-corrected chi connectivity index (χ3v) is 3.22. The molecule has 3 N–H and O–H groups in total. The molecular formula is C16H29N3O4. The molecule has 0 aromatic heterocycles. The lowest BCUT2D eigenvalue weighted by Crippen LogP contribution is -2.42. The summed E-state index contributed by atoms with van der Waals surface area (Å²) < 4.78 is 28.0. The van der Waals surface area contributed by atoms with E-state index in [0.29, 0.717) is 13.0 Å². The quantitative estimate of drug-likeness (QED) is 0.592. The van der Waals surface area contributed by atoms with Crippen LogP contribution < -0.4 is 5.32 Å². The van der Waals surface area contributed by atoms with Crippen LogP contribution in [0.4, 0.5) is 0 Å². The molecule has 1 aliphatic rings. The van der Waals surface area contributed by atoms with Gasteiger partial charge in [-0.3, -0.25) is 20.3 Å². The molecule has 1 rings (SSSR count). The lowest BCUT2D eigenvalue weighted by atomic mass is 10.1. The lowest BCUT2D eigenvalue weighted by molar-refractivity contribution is -0.123. The van der Waals surface area contributed by atoms with Crippen LogP contribution in [0.15, 0.2) is 12.3 Å². The van der Waals surface area contributed by atoms with Crippen molar-refractivity contribution >= 4 is 18.3 Å². The minimum atomic E-state index is -2.54. The molecule has 0 aromatic carbocycles. The first-order valence-electron chi connectivity index (χ1n) is 9.26. The number of carboxylic acid groups (broad SMARTS) is 1. The molecule has 1 heterocycles. The molecular weight excluding hydrogens is 298 g/mol. The van der Waals surface area contributed by atoms with Gasteiger partial charge in [0, 0.05) is 17.5 Å². The highest BCUT2D eigenvalue weighted by atomic mass is 16.5. The smallest absolute Gasteiger partial charge is 0.290 e. The van der Waals surface area contributed by atoms with Crippen molar-refractivity contribution in [2.75, 3.05) is 20.1 Å². The third kappa shape index (κ3) is 12.2. The number of carbonyl (C=O) groups is 2. The molecule has 1 aliphatic heterocycles. The van der Waals surface area contributed by atoms with Gasteiger partial charge in [0.1, 0.15) is 5.76 Å². The first-order valence-corrected chi connectivity index (χ1v) is 7.76. The van der Waals surface area contributed by atoms with Crippen LogP contribution in [-0.4, -0.2) is 48.5 Å². The molecule has 1 saturated heterocycles. The first kappa shape index (κ1) is 15.8. The number of hydrogen-bond acceptors (Lipinski definition) is 4. The van der Waals surface area contributed by atoms with Crippen LogP contribution in [0.1, 0.15) is 55.5 Å². The zero-order valence-corrected chi connectivity index (χ0v) is 13.5. The first-order chi connectivity index (χ1) is 12.2. The highest BCUT2D eigenvalue weighted by molar-refractivity contribution is 5.95. The number of rotatable bonds is 0. The minimum Gasteiger partial charge on any atom is -0.497 e. The minimum absolute atomic E-state index is 0.143. The van der Waals surface area contributed by atoms with E-state index in [0.717, 1.165) is 49.8 Å². The van der Waals surface area contributed by atoms with Gasteiger partial charge in [0.15, 0.2) is 5.96 Å². The maximum Gasteiger partial charge on any atom is 0.290 e. The normalized spacial score (nSPS) is 21.5. The third-order valence-electron chi connectivity index (χ3n) is 3.22. The Morgan fingerprint density at radius 3 is 2.48 bits per heavy atom. The standard InChI is InChI=1S/C15H27N3O2.CH2O2/c1-13-12-18(2)15(16)17-14(19)10-8-6-4-3-5-7-9-11-20-13;2-1-3/h1,3-12H2,2H3,(H2,16,17,19);1H,(H,2,3)/i2D3;. The summed E-state index contributed by atoms with van der Waals surface area (Å²) in [6.45, 7) is 1.27. The van der Waals surface area contributed by atoms with Gasteiger partial charge in [0.05, 0.1) is 13.2 Å². The highest BCUT2D eigenvalue weighted by Gasteiger charge is 2.10. The largest absolute Gasteiger partial charge is 0.497 e. The molecule has 1 amide bonds. The number of ether oxygens (including phenoxy) is 1. The van der Waals surface area contributed by atoms with Gasteiger partial charge in [-0.15, -0.1) is 0 Å². The molecule has 0 atom stereocenters. The van der Waals surface area contributed by atoms with E-state index in [9.17, 15) is 4.79 Å². The van der Waals surface area contributed by atoms with E-state index in [4.69, 9.17) is 24.2 Å². The summed E-state index contributed by atoms with van der Waals surface area (Å²) in [5.41, 5.74) is 0. The van der Waals surface area contributed by atoms with E-state index < -0.39 is 12.9 Å². The van der Waals surface area contributed by atoms with Crippen LogP contribution in [0, 0.1) is 5.41 Å². The maximum absolute atomic E-state index is 11.8. The van der Waals surface area contributed by atoms with Gasteiger partial charge in [-0.1, -0.05) is 38.7 Å². The maximum atomic E-state index is 11.8. The van der Waals surface area contributed by atoms with Crippen molar-refractivity contribution in [3.8, 4) is 0 Å². The summed E-state index contributed by atoms with van der Waals surface area (Å²) in [6.07, 6.45) is 7.35. The zero-order chi connectivity index (χ0) is 20.0. The Balaban J connectivity index is 0.00000194. The Labute approximate surface area is 142 Å². The number of nitrogens with one attached hydrogen (secondary N) is 2. The summed E-state index contributed by atoms with van der Waals surface area (Å²) in [5.74, 6) is -0.484. The number of likely N-dealkylation sites (N-methyl/N-ethyl adjacent to an activating group) is 1. The van der Waals surface area contributed by atoms with Gasteiger partial charge in [-0.05, 0) is 12.8 Å². The summed E-state index contributed by atoms with van der Waals surface area (Å²) in [7, 11) is 0. The van der Waals surface area contributed by atoms with Crippen molar-refractivity contribution in [3.05, 3.63) is 12.3 Å². The molecule has 23 heavy (non-hydrogen) atoms. The molecule has 0 aliphatic carbocycles. The molecule has 0 aromatic rings. The molecule has 7 heteroatoms. The summed E-state index contributed by atoms with van der Waals surface area (Å²) in [4.78, 5) is 21.0. The molecule has 0 saturated carbocycles. The second-order valence-electron chi connectivity index (χ2n) is 5.20. The van der Waals surface area contributed by atoms with Crippen LogP contribution in [0.25, 0.3) is 0 Å². The monoisotopic (exact) mass is 330 g/mol. The Bertz CT molecular complexity index is 470. The average molecular weight is 330 g/mol. The molecule has 0 unspecified atom stereocenters. The summed E-state index contributed by atoms with van der Waals surface area (Å²) in [5, 5.41) is 17.1. The zero-order valence-electron chi connectivity index (χ0n) is 16.5. The number of amides is 1. The van der Waals surface area contributed by atoms with Crippen molar-refractivity contribution in [2.45, 2.75) is 51.4 Å². The summed E-state index contributed by atoms with van der Waals surface area (Å²) >= 11 is 0. The molecule has 0 bridgehead atoms. The fourth-order valence-corrected chi connectivity index (χ4v) is 2.05. The molecule has 1 fully saturated rings. The Morgan fingerprint density at radius 2 is 1.87 bits per heavy atom. The van der Waals surface area contributed by atoms with Crippen LogP contribution in [0.2, 0.25) is 0 Å². The fourth-order valence-electron chi connectivity index (χ4n) is 2.05. The van der Waals surface area contributed by atoms with Gasteiger partial charge in [-0.25, -0.2) is 0 Å². The van der Waals surface area contributed by atoms with Gasteiger partial charge < -0.3 is 14.7 Å². The SMILES string of the molecule is O=CO.[2H]C([2H])([2H])N1CC(=C)OCCCCCCCCCC(=O)NC1=N. The van der Waals surface area contributed by atoms with E-state index >= 15 is 0 Å². The lowest BCUT2D eigenvalue weighted by Gasteiger charge is -2.21. The molecule has 0 radical (unpaired) electrons. The van der Waals surface area contributed by atoms with Gasteiger partial charge >= 0.3 is 0 Å². The Kier molecular flexibility index (Phi) is 9.36. The van der Waals surface area contributed by atoms with Crippen molar-refractivity contribution in [2.24, 2.45) is 0 Å². The van der Waals surface area contributed by atoms with Gasteiger partial charge in [0.2, 0.25) is 5.91 Å². The predicted octanol–water partition coefficient (Wildman–Crippen LogP) is 2.33. The van der Waals surface area contributed by atoms with Crippen LogP contribution in [-0.2, 0) is 14.3 Å². The molecule has 132 valence electrons. The van der Waals surface area contributed by atoms with Crippen molar-refractivity contribution in [3.63, 3.8) is 0 Å². The number of carbonyl (C=O) groups excluding carboxylic acids is 1. The van der Waals surface area contributed by atoms with E-state index in [1.54, 1.807) is 0 Å². The number of hydrogen-bond donors (Lipinski definition) is 3. The summed E-state index contributed by atoms with van der Waals surface area (Å²) in [6, 6.07) is 0. The Morgan fingerprint density at radius 1 is 1.30 bits per heavy atom. The predicted molar refractivity (Wildman–Crippen MR) is 89.2 cm³/mol. The molecule has 7 nitrogen and oxygen atoms in total.